The molecule has 1 heterocycles. The second kappa shape index (κ2) is 14.8. The van der Waals surface area contributed by atoms with Crippen molar-refractivity contribution in [2.45, 2.75) is 51.1 Å². The Bertz CT molecular complexity index is 1440. The van der Waals surface area contributed by atoms with Gasteiger partial charge in [-0.1, -0.05) is 60.7 Å². The molecule has 0 aromatic heterocycles. The van der Waals surface area contributed by atoms with Crippen LogP contribution in [-0.2, 0) is 27.5 Å². The number of para-hydroxylation sites is 2. The van der Waals surface area contributed by atoms with E-state index < -0.39 is 23.8 Å². The molecule has 3 aromatic carbocycles. The monoisotopic (exact) mass is 603 g/mol. The number of carbonyl (C=O) groups is 3. The van der Waals surface area contributed by atoms with Crippen LogP contribution < -0.4 is 26.2 Å². The maximum absolute atomic E-state index is 13.9. The number of nitrogens with zero attached hydrogens (tertiary/aromatic N) is 1. The number of nitrogens with one attached hydrogen (secondary N) is 4. The van der Waals surface area contributed by atoms with Crippen LogP contribution >= 0.6 is 0 Å². The number of hydrogen-bond donors (Lipinski definition) is 6. The van der Waals surface area contributed by atoms with E-state index in [0.717, 1.165) is 33.6 Å². The molecule has 1 aliphatic rings. The van der Waals surface area contributed by atoms with E-state index in [9.17, 15) is 19.5 Å². The van der Waals surface area contributed by atoms with Crippen LogP contribution in [0.4, 0.5) is 16.2 Å². The molecule has 0 spiro atoms. The number of alkyl carbamates (subject to hydrolysis) is 1. The maximum Gasteiger partial charge on any atom is 0.407 e. The fourth-order valence-electron chi connectivity index (χ4n) is 5.02. The smallest absolute Gasteiger partial charge is 0.407 e. The molecule has 6 N–H and O–H groups in total. The van der Waals surface area contributed by atoms with Crippen LogP contribution in [0.25, 0.3) is 11.1 Å². The van der Waals surface area contributed by atoms with Crippen molar-refractivity contribution in [3.8, 4) is 11.1 Å². The summed E-state index contributed by atoms with van der Waals surface area (Å²) in [4.78, 5) is 40.2. The molecule has 2 atom stereocenters. The zero-order valence-corrected chi connectivity index (χ0v) is 25.3. The molecule has 11 nitrogen and oxygen atoms in total. The second-order valence-electron chi connectivity index (χ2n) is 11.4. The summed E-state index contributed by atoms with van der Waals surface area (Å²) < 4.78 is 5.26. The molecule has 4 rings (SSSR count). The number of ether oxygens (including phenoxy) is 1. The Hall–Kier alpha value is -4.45. The molecular weight excluding hydrogens is 562 g/mol. The Balaban J connectivity index is 1.49. The summed E-state index contributed by atoms with van der Waals surface area (Å²) >= 11 is 0. The van der Waals surface area contributed by atoms with E-state index in [1.54, 1.807) is 4.90 Å². The average molecular weight is 604 g/mol. The van der Waals surface area contributed by atoms with E-state index in [1.807, 2.05) is 86.6 Å². The lowest BCUT2D eigenvalue weighted by atomic mass is 9.99. The number of benzene rings is 3. The van der Waals surface area contributed by atoms with Gasteiger partial charge in [-0.25, -0.2) is 4.79 Å². The lowest BCUT2D eigenvalue weighted by Crippen LogP contribution is -2.53. The summed E-state index contributed by atoms with van der Waals surface area (Å²) in [6.45, 7) is 4.05. The van der Waals surface area contributed by atoms with Crippen LogP contribution in [0, 0.1) is 0 Å². The third-order valence-corrected chi connectivity index (χ3v) is 7.41. The molecule has 234 valence electrons. The predicted molar refractivity (Wildman–Crippen MR) is 169 cm³/mol. The SMILES string of the molecule is CNC(=O)OCc1ccccc1-c1ccc(CN2C(=O)[C@@H](NC(=O)CC(C)(C)NC[C@H](O)CO)CNc3ccccc32)cc1. The number of aliphatic hydroxyl groups excluding tert-OH is 2. The first-order chi connectivity index (χ1) is 21.1. The highest BCUT2D eigenvalue weighted by Crippen LogP contribution is 2.31. The predicted octanol–water partition coefficient (Wildman–Crippen LogP) is 2.76. The van der Waals surface area contributed by atoms with Crippen LogP contribution in [0.2, 0.25) is 0 Å². The van der Waals surface area contributed by atoms with Gasteiger partial charge in [0.15, 0.2) is 0 Å². The minimum Gasteiger partial charge on any atom is -0.445 e. The van der Waals surface area contributed by atoms with E-state index in [0.29, 0.717) is 0 Å². The van der Waals surface area contributed by atoms with E-state index in [-0.39, 0.29) is 51.1 Å². The summed E-state index contributed by atoms with van der Waals surface area (Å²) in [6.07, 6.45) is -1.36. The number of amides is 3. The quantitative estimate of drug-likeness (QED) is 0.185. The molecule has 1 aliphatic heterocycles. The van der Waals surface area contributed by atoms with Gasteiger partial charge in [-0.05, 0) is 48.2 Å². The van der Waals surface area contributed by atoms with Gasteiger partial charge in [0.25, 0.3) is 5.91 Å². The van der Waals surface area contributed by atoms with Crippen molar-refractivity contribution in [3.05, 3.63) is 83.9 Å². The molecule has 0 saturated carbocycles. The van der Waals surface area contributed by atoms with Crippen LogP contribution in [0.3, 0.4) is 0 Å². The fourth-order valence-corrected chi connectivity index (χ4v) is 5.02. The first-order valence-corrected chi connectivity index (χ1v) is 14.6. The largest absolute Gasteiger partial charge is 0.445 e. The molecular formula is C33H41N5O6. The number of β-amino-alcohol motifs (C(OH)–C–C–N with tert-alkyl or cyclic N) is 1. The van der Waals surface area contributed by atoms with E-state index >= 15 is 0 Å². The Morgan fingerprint density at radius 2 is 1.77 bits per heavy atom. The van der Waals surface area contributed by atoms with Crippen LogP contribution in [-0.4, -0.2) is 72.5 Å². The number of anilines is 2. The molecule has 11 heteroatoms. The first kappa shape index (κ1) is 32.5. The lowest BCUT2D eigenvalue weighted by molar-refractivity contribution is -0.128. The normalized spacial score (nSPS) is 15.4. The number of rotatable bonds is 12. The third-order valence-electron chi connectivity index (χ3n) is 7.41. The average Bonchev–Trinajstić information content (AvgIpc) is 3.15. The standard InChI is InChI=1S/C33H41N5O6/c1-33(2,36-17-25(40)20-39)16-30(41)37-28-18-35-27-10-6-7-11-29(27)38(31(28)42)19-22-12-14-23(15-13-22)26-9-5-4-8-24(26)21-44-32(43)34-3/h4-15,25,28,35-36,39-40H,16-21H2,1-3H3,(H,34,43)(H,37,41)/t25-,28-/m0/s1. The van der Waals surface area contributed by atoms with Crippen molar-refractivity contribution >= 4 is 29.3 Å². The van der Waals surface area contributed by atoms with Crippen molar-refractivity contribution in [3.63, 3.8) is 0 Å². The lowest BCUT2D eigenvalue weighted by Gasteiger charge is -2.29. The Labute approximate surface area is 257 Å². The number of aliphatic hydroxyl groups is 2. The van der Waals surface area contributed by atoms with E-state index in [2.05, 4.69) is 21.3 Å². The Morgan fingerprint density at radius 1 is 1.07 bits per heavy atom. The maximum atomic E-state index is 13.9. The molecule has 0 radical (unpaired) electrons. The van der Waals surface area contributed by atoms with Gasteiger partial charge in [0.2, 0.25) is 5.91 Å². The minimum absolute atomic E-state index is 0.0684. The molecule has 44 heavy (non-hydrogen) atoms. The highest BCUT2D eigenvalue weighted by Gasteiger charge is 2.33. The highest BCUT2D eigenvalue weighted by atomic mass is 16.5. The van der Waals surface area contributed by atoms with E-state index in [1.165, 1.54) is 7.05 Å². The van der Waals surface area contributed by atoms with Gasteiger partial charge in [-0.3, -0.25) is 9.59 Å². The summed E-state index contributed by atoms with van der Waals surface area (Å²) in [5.41, 5.74) is 4.49. The molecule has 0 fully saturated rings. The van der Waals surface area contributed by atoms with E-state index in [4.69, 9.17) is 9.84 Å². The van der Waals surface area contributed by atoms with Gasteiger partial charge in [0, 0.05) is 32.1 Å². The zero-order chi connectivity index (χ0) is 31.7. The Morgan fingerprint density at radius 3 is 2.50 bits per heavy atom. The third kappa shape index (κ3) is 8.56. The number of fused-ring (bicyclic) bond motifs is 1. The van der Waals surface area contributed by atoms with Crippen molar-refractivity contribution < 1.29 is 29.3 Å². The van der Waals surface area contributed by atoms with Crippen molar-refractivity contribution in [2.24, 2.45) is 0 Å². The van der Waals surface area contributed by atoms with Gasteiger partial charge < -0.3 is 41.1 Å². The molecule has 3 amide bonds. The summed E-state index contributed by atoms with van der Waals surface area (Å²) in [7, 11) is 1.51. The number of hydrogen-bond acceptors (Lipinski definition) is 8. The van der Waals surface area contributed by atoms with Crippen LogP contribution in [0.5, 0.6) is 0 Å². The van der Waals surface area contributed by atoms with Gasteiger partial charge in [0.1, 0.15) is 12.6 Å². The first-order valence-electron chi connectivity index (χ1n) is 14.6. The molecule has 0 saturated heterocycles. The Kier molecular flexibility index (Phi) is 10.9. The second-order valence-corrected chi connectivity index (χ2v) is 11.4. The van der Waals surface area contributed by atoms with Gasteiger partial charge >= 0.3 is 6.09 Å². The fraction of sp³-hybridized carbons (Fsp3) is 0.364. The summed E-state index contributed by atoms with van der Waals surface area (Å²) in [6, 6.07) is 22.3. The molecule has 3 aromatic rings. The minimum atomic E-state index is -0.927. The van der Waals surface area contributed by atoms with Crippen LogP contribution in [0.1, 0.15) is 31.4 Å². The molecule has 0 bridgehead atoms. The van der Waals surface area contributed by atoms with Gasteiger partial charge in [-0.2, -0.15) is 0 Å². The molecule has 0 unspecified atom stereocenters. The van der Waals surface area contributed by atoms with Crippen molar-refractivity contribution in [1.29, 1.82) is 0 Å². The summed E-state index contributed by atoms with van der Waals surface area (Å²) in [5.74, 6) is -0.548. The highest BCUT2D eigenvalue weighted by molar-refractivity contribution is 6.03. The van der Waals surface area contributed by atoms with Crippen molar-refractivity contribution in [1.82, 2.24) is 16.0 Å². The number of carbonyl (C=O) groups excluding carboxylic acids is 3. The van der Waals surface area contributed by atoms with Gasteiger partial charge in [0.05, 0.1) is 30.6 Å². The van der Waals surface area contributed by atoms with Gasteiger partial charge in [-0.15, -0.1) is 0 Å². The summed E-state index contributed by atoms with van der Waals surface area (Å²) in [5, 5.41) is 30.5. The zero-order valence-electron chi connectivity index (χ0n) is 25.3. The van der Waals surface area contributed by atoms with Crippen LogP contribution in [0.15, 0.2) is 72.8 Å². The van der Waals surface area contributed by atoms with Crippen molar-refractivity contribution in [2.75, 3.05) is 37.0 Å². The topological polar surface area (TPSA) is 152 Å². The molecule has 0 aliphatic carbocycles.